The Morgan fingerprint density at radius 1 is 1.24 bits per heavy atom. The first-order valence-electron chi connectivity index (χ1n) is 5.38. The normalized spacial score (nSPS) is 18.7. The summed E-state index contributed by atoms with van der Waals surface area (Å²) in [6, 6.07) is 0. The van der Waals surface area contributed by atoms with Gasteiger partial charge in [0.25, 0.3) is 0 Å². The highest BCUT2D eigenvalue weighted by Crippen LogP contribution is 2.24. The van der Waals surface area contributed by atoms with Crippen LogP contribution in [0.2, 0.25) is 19.6 Å². The minimum absolute atomic E-state index is 0.0218. The zero-order valence-corrected chi connectivity index (χ0v) is 12.1. The van der Waals surface area contributed by atoms with Gasteiger partial charge in [0.15, 0.2) is 0 Å². The summed E-state index contributed by atoms with van der Waals surface area (Å²) in [4.78, 5) is 8.78. The van der Waals surface area contributed by atoms with Crippen molar-refractivity contribution >= 4 is 20.3 Å². The van der Waals surface area contributed by atoms with Crippen molar-refractivity contribution in [3.63, 3.8) is 0 Å². The SMILES string of the molecule is C[Si](C)(C)OC1=[O+]C(C(F)(F)F)C=C1.O=C([O-])C(F)(F)F. The van der Waals surface area contributed by atoms with Crippen molar-refractivity contribution in [2.75, 3.05) is 0 Å². The number of hydrogen-bond donors (Lipinski definition) is 0. The van der Waals surface area contributed by atoms with E-state index in [9.17, 15) is 26.3 Å². The van der Waals surface area contributed by atoms with Crippen molar-refractivity contribution in [3.05, 3.63) is 12.2 Å². The molecule has 1 atom stereocenters. The van der Waals surface area contributed by atoms with E-state index in [0.717, 1.165) is 6.08 Å². The standard InChI is InChI=1S/C8H12F3O2Si.C2HF3O2/c1-14(2,3)13-7-5-4-6(12-7)8(9,10)11;3-2(4,5)1(6)7/h4-6H,1-3H3;(H,6,7)/q+1;/p-1. The van der Waals surface area contributed by atoms with Crippen LogP contribution in [-0.2, 0) is 13.6 Å². The lowest BCUT2D eigenvalue weighted by Crippen LogP contribution is -2.37. The molecule has 0 saturated carbocycles. The summed E-state index contributed by atoms with van der Waals surface area (Å²) in [7, 11) is -1.89. The third kappa shape index (κ3) is 8.37. The summed E-state index contributed by atoms with van der Waals surface area (Å²) in [5.74, 6) is -3.03. The van der Waals surface area contributed by atoms with Gasteiger partial charge in [-0.05, 0) is 19.6 Å². The fourth-order valence-electron chi connectivity index (χ4n) is 0.905. The van der Waals surface area contributed by atoms with Crippen molar-refractivity contribution in [1.29, 1.82) is 0 Å². The number of carboxylic acid groups (broad SMARTS) is 1. The maximum absolute atomic E-state index is 12.1. The van der Waals surface area contributed by atoms with Crippen molar-refractivity contribution in [2.24, 2.45) is 0 Å². The predicted molar refractivity (Wildman–Crippen MR) is 59.5 cm³/mol. The first kappa shape index (κ1) is 19.5. The number of carbonyl (C=O) groups excluding carboxylic acids is 2. The number of rotatable bonds is 1. The molecule has 0 aromatic heterocycles. The second-order valence-electron chi connectivity index (χ2n) is 4.76. The van der Waals surface area contributed by atoms with E-state index in [1.54, 1.807) is 0 Å². The molecule has 0 spiro atoms. The predicted octanol–water partition coefficient (Wildman–Crippen LogP) is 1.70. The Morgan fingerprint density at radius 2 is 1.67 bits per heavy atom. The van der Waals surface area contributed by atoms with Crippen LogP contribution in [0, 0.1) is 0 Å². The van der Waals surface area contributed by atoms with Crippen molar-refractivity contribution < 1.29 is 45.1 Å². The molecule has 0 bridgehead atoms. The van der Waals surface area contributed by atoms with Crippen LogP contribution < -0.4 is 5.11 Å². The molecule has 0 radical (unpaired) electrons. The summed E-state index contributed by atoms with van der Waals surface area (Å²) in [5.41, 5.74) is 0. The maximum atomic E-state index is 12.1. The van der Waals surface area contributed by atoms with Gasteiger partial charge in [-0.2, -0.15) is 26.3 Å². The summed E-state index contributed by atoms with van der Waals surface area (Å²) < 4.78 is 77.8. The first-order chi connectivity index (χ1) is 9.13. The van der Waals surface area contributed by atoms with E-state index < -0.39 is 32.7 Å². The van der Waals surface area contributed by atoms with E-state index in [4.69, 9.17) is 14.3 Å². The molecule has 0 aromatic rings. The Hall–Kier alpha value is -1.52. The highest BCUT2D eigenvalue weighted by molar-refractivity contribution is 6.71. The van der Waals surface area contributed by atoms with Gasteiger partial charge in [-0.25, -0.2) is 0 Å². The molecule has 0 fully saturated rings. The maximum Gasteiger partial charge on any atom is 0.490 e. The Balaban J connectivity index is 0.000000486. The van der Waals surface area contributed by atoms with E-state index in [0.29, 0.717) is 0 Å². The van der Waals surface area contributed by atoms with E-state index in [2.05, 4.69) is 4.42 Å². The average molecular weight is 338 g/mol. The van der Waals surface area contributed by atoms with Crippen LogP contribution in [0.5, 0.6) is 0 Å². The van der Waals surface area contributed by atoms with Crippen LogP contribution in [-0.4, -0.2) is 38.7 Å². The molecular formula is C10H12F6O4Si. The van der Waals surface area contributed by atoms with Gasteiger partial charge >= 0.3 is 32.7 Å². The zero-order valence-electron chi connectivity index (χ0n) is 11.1. The fourth-order valence-corrected chi connectivity index (χ4v) is 1.63. The molecule has 0 aliphatic carbocycles. The topological polar surface area (TPSA) is 60.7 Å². The highest BCUT2D eigenvalue weighted by atomic mass is 28.4. The molecule has 122 valence electrons. The third-order valence-electron chi connectivity index (χ3n) is 1.61. The Bertz CT molecular complexity index is 432. The molecule has 1 unspecified atom stereocenters. The molecule has 21 heavy (non-hydrogen) atoms. The van der Waals surface area contributed by atoms with Gasteiger partial charge in [0.05, 0.1) is 6.08 Å². The quantitative estimate of drug-likeness (QED) is 0.415. The van der Waals surface area contributed by atoms with Gasteiger partial charge < -0.3 is 18.8 Å². The van der Waals surface area contributed by atoms with Crippen LogP contribution in [0.25, 0.3) is 0 Å². The third-order valence-corrected chi connectivity index (χ3v) is 2.42. The lowest BCUT2D eigenvalue weighted by molar-refractivity contribution is -0.534. The van der Waals surface area contributed by atoms with Crippen LogP contribution in [0.1, 0.15) is 0 Å². The van der Waals surface area contributed by atoms with Crippen LogP contribution in [0.15, 0.2) is 12.2 Å². The van der Waals surface area contributed by atoms with Gasteiger partial charge in [0.2, 0.25) is 0 Å². The monoisotopic (exact) mass is 338 g/mol. The van der Waals surface area contributed by atoms with Gasteiger partial charge in [0.1, 0.15) is 5.97 Å². The second kappa shape index (κ2) is 6.50. The van der Waals surface area contributed by atoms with E-state index >= 15 is 0 Å². The smallest absolute Gasteiger partial charge is 0.490 e. The van der Waals surface area contributed by atoms with E-state index in [-0.39, 0.29) is 5.97 Å². The highest BCUT2D eigenvalue weighted by Gasteiger charge is 2.47. The van der Waals surface area contributed by atoms with Crippen molar-refractivity contribution in [1.82, 2.24) is 0 Å². The van der Waals surface area contributed by atoms with Crippen molar-refractivity contribution in [2.45, 2.75) is 38.1 Å². The number of halogens is 6. The zero-order chi connectivity index (χ0) is 17.1. The number of carboxylic acids is 1. The van der Waals surface area contributed by atoms with Gasteiger partial charge in [-0.15, -0.1) is 0 Å². The molecule has 1 aliphatic heterocycles. The second-order valence-corrected chi connectivity index (χ2v) is 9.19. The Morgan fingerprint density at radius 3 is 1.90 bits per heavy atom. The molecular weight excluding hydrogens is 326 g/mol. The van der Waals surface area contributed by atoms with Gasteiger partial charge in [0, 0.05) is 6.08 Å². The molecule has 0 N–H and O–H groups in total. The molecule has 0 saturated heterocycles. The van der Waals surface area contributed by atoms with Crippen LogP contribution in [0.3, 0.4) is 0 Å². The van der Waals surface area contributed by atoms with E-state index in [1.165, 1.54) is 6.08 Å². The summed E-state index contributed by atoms with van der Waals surface area (Å²) in [5, 5.41) is 8.78. The lowest BCUT2D eigenvalue weighted by Gasteiger charge is -2.07. The molecule has 0 aromatic carbocycles. The Kier molecular flexibility index (Phi) is 6.02. The largest absolute Gasteiger partial charge is 0.542 e. The average Bonchev–Trinajstić information content (AvgIpc) is 2.61. The molecule has 4 nitrogen and oxygen atoms in total. The van der Waals surface area contributed by atoms with E-state index in [1.807, 2.05) is 19.6 Å². The molecule has 11 heteroatoms. The lowest BCUT2D eigenvalue weighted by atomic mass is 10.3. The first-order valence-corrected chi connectivity index (χ1v) is 8.79. The summed E-state index contributed by atoms with van der Waals surface area (Å²) in [6.07, 6.45) is -9.22. The molecule has 0 amide bonds. The molecule has 1 rings (SSSR count). The number of carbonyl (C=O) groups is 1. The number of alkyl halides is 6. The summed E-state index contributed by atoms with van der Waals surface area (Å²) in [6.45, 7) is 5.62. The van der Waals surface area contributed by atoms with Gasteiger partial charge in [-0.3, -0.25) is 0 Å². The molecule has 1 aliphatic rings. The minimum Gasteiger partial charge on any atom is -0.542 e. The summed E-state index contributed by atoms with van der Waals surface area (Å²) >= 11 is 0. The minimum atomic E-state index is -5.19. The van der Waals surface area contributed by atoms with Crippen molar-refractivity contribution in [3.8, 4) is 0 Å². The van der Waals surface area contributed by atoms with Crippen LogP contribution >= 0.6 is 0 Å². The molecule has 1 heterocycles. The Labute approximate surface area is 116 Å². The number of aliphatic carboxylic acids is 1. The fraction of sp³-hybridized carbons (Fsp3) is 0.600. The number of hydrogen-bond acceptors (Lipinski definition) is 3. The van der Waals surface area contributed by atoms with Gasteiger partial charge in [-0.1, -0.05) is 0 Å². The van der Waals surface area contributed by atoms with Crippen LogP contribution in [0.4, 0.5) is 26.3 Å².